The number of aryl methyl sites for hydroxylation is 1. The lowest BCUT2D eigenvalue weighted by Gasteiger charge is -2.18. The first-order valence-corrected chi connectivity index (χ1v) is 7.03. The molecule has 1 aromatic rings. The summed E-state index contributed by atoms with van der Waals surface area (Å²) in [5.41, 5.74) is 1.07. The third-order valence-electron chi connectivity index (χ3n) is 4.13. The lowest BCUT2D eigenvalue weighted by molar-refractivity contribution is -0.131. The maximum Gasteiger partial charge on any atom is 0.264 e. The Morgan fingerprint density at radius 2 is 2.35 bits per heavy atom. The topological polar surface area (TPSA) is 68.5 Å². The Balaban J connectivity index is 1.51. The van der Waals surface area contributed by atoms with Crippen molar-refractivity contribution in [1.29, 1.82) is 0 Å². The van der Waals surface area contributed by atoms with Crippen molar-refractivity contribution in [2.24, 2.45) is 10.6 Å². The fraction of sp³-hybridized carbons (Fsp3) is 0.643. The quantitative estimate of drug-likeness (QED) is 0.880. The Bertz CT molecular complexity index is 545. The van der Waals surface area contributed by atoms with Gasteiger partial charge in [0.15, 0.2) is 0 Å². The number of hydrogen-bond donors (Lipinski definition) is 1. The van der Waals surface area contributed by atoms with Crippen molar-refractivity contribution >= 4 is 11.6 Å². The summed E-state index contributed by atoms with van der Waals surface area (Å²) in [6.07, 6.45) is 6.25. The van der Waals surface area contributed by atoms with Crippen LogP contribution < -0.4 is 5.32 Å². The number of nitrogens with one attached hydrogen (secondary N) is 1. The van der Waals surface area contributed by atoms with Crippen molar-refractivity contribution in [2.75, 3.05) is 6.54 Å². The van der Waals surface area contributed by atoms with Crippen molar-refractivity contribution in [2.45, 2.75) is 45.8 Å². The predicted molar refractivity (Wildman–Crippen MR) is 74.2 cm³/mol. The summed E-state index contributed by atoms with van der Waals surface area (Å²) >= 11 is 0. The van der Waals surface area contributed by atoms with E-state index in [1.807, 2.05) is 26.2 Å². The highest BCUT2D eigenvalue weighted by Gasteiger charge is 2.43. The van der Waals surface area contributed by atoms with Gasteiger partial charge in [-0.05, 0) is 26.7 Å². The summed E-state index contributed by atoms with van der Waals surface area (Å²) in [6, 6.07) is 0. The molecule has 1 aliphatic carbocycles. The molecule has 2 aliphatic rings. The summed E-state index contributed by atoms with van der Waals surface area (Å²) in [4.78, 5) is 21.3. The zero-order valence-electron chi connectivity index (χ0n) is 11.9. The molecule has 1 atom stereocenters. The highest BCUT2D eigenvalue weighted by Crippen LogP contribution is 2.46. The number of aromatic nitrogens is 2. The molecule has 108 valence electrons. The van der Waals surface area contributed by atoms with Crippen LogP contribution in [0.2, 0.25) is 0 Å². The number of oxime groups is 1. The van der Waals surface area contributed by atoms with Crippen LogP contribution in [-0.4, -0.2) is 33.8 Å². The van der Waals surface area contributed by atoms with Gasteiger partial charge >= 0.3 is 0 Å². The molecule has 6 heteroatoms. The van der Waals surface area contributed by atoms with Gasteiger partial charge in [-0.2, -0.15) is 0 Å². The molecule has 1 amide bonds. The van der Waals surface area contributed by atoms with Crippen LogP contribution in [0.1, 0.15) is 32.0 Å². The van der Waals surface area contributed by atoms with Gasteiger partial charge in [0.05, 0.1) is 5.71 Å². The Labute approximate surface area is 118 Å². The minimum atomic E-state index is -0.444. The van der Waals surface area contributed by atoms with E-state index in [9.17, 15) is 4.79 Å². The SMILES string of the molecule is CC1=NO[C@H](C(=O)NCC2(Cn3ccnc3C)CC2)C1. The van der Waals surface area contributed by atoms with Crippen LogP contribution in [0.15, 0.2) is 17.5 Å². The van der Waals surface area contributed by atoms with Crippen molar-refractivity contribution in [3.8, 4) is 0 Å². The Hall–Kier alpha value is -1.85. The van der Waals surface area contributed by atoms with E-state index in [1.165, 1.54) is 0 Å². The second kappa shape index (κ2) is 4.92. The molecule has 0 unspecified atom stereocenters. The first-order chi connectivity index (χ1) is 9.58. The Morgan fingerprint density at radius 1 is 1.55 bits per heavy atom. The van der Waals surface area contributed by atoms with Crippen LogP contribution in [0.5, 0.6) is 0 Å². The highest BCUT2D eigenvalue weighted by atomic mass is 16.6. The van der Waals surface area contributed by atoms with Gasteiger partial charge in [-0.25, -0.2) is 4.98 Å². The number of nitrogens with zero attached hydrogens (tertiary/aromatic N) is 3. The van der Waals surface area contributed by atoms with Crippen LogP contribution in [-0.2, 0) is 16.2 Å². The number of amides is 1. The van der Waals surface area contributed by atoms with E-state index in [4.69, 9.17) is 4.84 Å². The smallest absolute Gasteiger partial charge is 0.264 e. The van der Waals surface area contributed by atoms with Crippen LogP contribution in [0, 0.1) is 12.3 Å². The van der Waals surface area contributed by atoms with Crippen molar-refractivity contribution < 1.29 is 9.63 Å². The molecule has 6 nitrogen and oxygen atoms in total. The fourth-order valence-electron chi connectivity index (χ4n) is 2.53. The van der Waals surface area contributed by atoms with Gasteiger partial charge < -0.3 is 14.7 Å². The predicted octanol–water partition coefficient (Wildman–Crippen LogP) is 1.25. The molecule has 0 spiro atoms. The van der Waals surface area contributed by atoms with Gasteiger partial charge in [0.25, 0.3) is 5.91 Å². The molecular weight excluding hydrogens is 256 g/mol. The van der Waals surface area contributed by atoms with E-state index < -0.39 is 6.10 Å². The van der Waals surface area contributed by atoms with E-state index in [2.05, 4.69) is 20.0 Å². The van der Waals surface area contributed by atoms with E-state index in [1.54, 1.807) is 0 Å². The van der Waals surface area contributed by atoms with Crippen LogP contribution in [0.25, 0.3) is 0 Å². The summed E-state index contributed by atoms with van der Waals surface area (Å²) in [5.74, 6) is 0.963. The maximum absolute atomic E-state index is 12.0. The molecule has 20 heavy (non-hydrogen) atoms. The van der Waals surface area contributed by atoms with Crippen LogP contribution in [0.4, 0.5) is 0 Å². The summed E-state index contributed by atoms with van der Waals surface area (Å²) in [5, 5.41) is 6.82. The third-order valence-corrected chi connectivity index (χ3v) is 4.13. The second-order valence-electron chi connectivity index (χ2n) is 5.94. The largest absolute Gasteiger partial charge is 0.382 e. The number of imidazole rings is 1. The zero-order valence-corrected chi connectivity index (χ0v) is 11.9. The zero-order chi connectivity index (χ0) is 14.2. The van der Waals surface area contributed by atoms with Gasteiger partial charge in [-0.1, -0.05) is 5.16 Å². The summed E-state index contributed by atoms with van der Waals surface area (Å²) in [7, 11) is 0. The lowest BCUT2D eigenvalue weighted by atomic mass is 10.1. The normalized spacial score (nSPS) is 23.1. The molecule has 1 saturated carbocycles. The Kier molecular flexibility index (Phi) is 3.23. The first-order valence-electron chi connectivity index (χ1n) is 7.03. The second-order valence-corrected chi connectivity index (χ2v) is 5.94. The first kappa shape index (κ1) is 13.1. The molecule has 1 N–H and O–H groups in total. The van der Waals surface area contributed by atoms with E-state index >= 15 is 0 Å². The number of hydrogen-bond acceptors (Lipinski definition) is 4. The molecule has 1 aliphatic heterocycles. The molecule has 0 aromatic carbocycles. The summed E-state index contributed by atoms with van der Waals surface area (Å²) < 4.78 is 2.15. The van der Waals surface area contributed by atoms with E-state index in [0.717, 1.165) is 30.9 Å². The standard InChI is InChI=1S/C14H20N4O2/c1-10-7-12(20-17-10)13(19)16-8-14(3-4-14)9-18-6-5-15-11(18)2/h5-6,12H,3-4,7-9H2,1-2H3,(H,16,19)/t12-/m0/s1. The van der Waals surface area contributed by atoms with Gasteiger partial charge in [0, 0.05) is 37.3 Å². The van der Waals surface area contributed by atoms with Gasteiger partial charge in [-0.15, -0.1) is 0 Å². The maximum atomic E-state index is 12.0. The molecular formula is C14H20N4O2. The number of rotatable bonds is 5. The van der Waals surface area contributed by atoms with Crippen molar-refractivity contribution in [3.63, 3.8) is 0 Å². The monoisotopic (exact) mass is 276 g/mol. The van der Waals surface area contributed by atoms with Crippen LogP contribution >= 0.6 is 0 Å². The molecule has 0 saturated heterocycles. The summed E-state index contributed by atoms with van der Waals surface area (Å²) in [6.45, 7) is 5.49. The Morgan fingerprint density at radius 3 is 2.90 bits per heavy atom. The molecule has 0 bridgehead atoms. The van der Waals surface area contributed by atoms with Gasteiger partial charge in [0.1, 0.15) is 5.82 Å². The molecule has 3 rings (SSSR count). The molecule has 2 heterocycles. The number of carbonyl (C=O) groups excluding carboxylic acids is 1. The van der Waals surface area contributed by atoms with Gasteiger partial charge in [0.2, 0.25) is 6.10 Å². The van der Waals surface area contributed by atoms with Gasteiger partial charge in [-0.3, -0.25) is 4.79 Å². The molecule has 0 radical (unpaired) electrons. The van der Waals surface area contributed by atoms with E-state index in [0.29, 0.717) is 13.0 Å². The minimum absolute atomic E-state index is 0.0563. The number of carbonyl (C=O) groups is 1. The lowest BCUT2D eigenvalue weighted by Crippen LogP contribution is -2.39. The average molecular weight is 276 g/mol. The van der Waals surface area contributed by atoms with Crippen LogP contribution in [0.3, 0.4) is 0 Å². The fourth-order valence-corrected chi connectivity index (χ4v) is 2.53. The van der Waals surface area contributed by atoms with Crippen molar-refractivity contribution in [3.05, 3.63) is 18.2 Å². The minimum Gasteiger partial charge on any atom is -0.382 e. The van der Waals surface area contributed by atoms with Crippen molar-refractivity contribution in [1.82, 2.24) is 14.9 Å². The van der Waals surface area contributed by atoms with E-state index in [-0.39, 0.29) is 11.3 Å². The highest BCUT2D eigenvalue weighted by molar-refractivity contribution is 5.91. The average Bonchev–Trinajstić information content (AvgIpc) is 2.86. The molecule has 1 aromatic heterocycles. The molecule has 1 fully saturated rings. The third kappa shape index (κ3) is 2.69.